The van der Waals surface area contributed by atoms with Crippen molar-refractivity contribution in [3.05, 3.63) is 59.7 Å². The number of fused-ring (bicyclic) bond motifs is 3. The molecule has 8 heteroatoms. The number of nitrogens with one attached hydrogen (secondary N) is 2. The van der Waals surface area contributed by atoms with Gasteiger partial charge in [-0.15, -0.1) is 0 Å². The Bertz CT molecular complexity index is 1020. The number of carbonyl (C=O) groups is 3. The van der Waals surface area contributed by atoms with Crippen molar-refractivity contribution < 1.29 is 29.0 Å². The quantitative estimate of drug-likeness (QED) is 0.539. The summed E-state index contributed by atoms with van der Waals surface area (Å²) in [5, 5.41) is 14.6. The Hall–Kier alpha value is -3.39. The van der Waals surface area contributed by atoms with Crippen LogP contribution in [0.3, 0.4) is 0 Å². The lowest BCUT2D eigenvalue weighted by Gasteiger charge is -2.25. The molecule has 0 heterocycles. The molecule has 33 heavy (non-hydrogen) atoms. The topological polar surface area (TPSA) is 114 Å². The Morgan fingerprint density at radius 3 is 2.24 bits per heavy atom. The first kappa shape index (κ1) is 22.8. The van der Waals surface area contributed by atoms with Crippen molar-refractivity contribution in [1.29, 1.82) is 0 Å². The molecule has 0 saturated heterocycles. The normalized spacial score (nSPS) is 20.2. The number of methoxy groups -OCH3 is 1. The highest BCUT2D eigenvalue weighted by molar-refractivity contribution is 5.89. The molecule has 2 aliphatic carbocycles. The molecule has 0 spiro atoms. The van der Waals surface area contributed by atoms with E-state index in [1.54, 1.807) is 0 Å². The van der Waals surface area contributed by atoms with Gasteiger partial charge < -0.3 is 25.2 Å². The second-order valence-corrected chi connectivity index (χ2v) is 8.87. The molecule has 8 nitrogen and oxygen atoms in total. The van der Waals surface area contributed by atoms with Crippen molar-refractivity contribution in [3.8, 4) is 11.1 Å². The van der Waals surface area contributed by atoms with E-state index in [2.05, 4.69) is 34.9 Å². The largest absolute Gasteiger partial charge is 0.479 e. The van der Waals surface area contributed by atoms with Gasteiger partial charge in [-0.1, -0.05) is 48.5 Å². The molecule has 0 aromatic heterocycles. The Morgan fingerprint density at radius 2 is 1.67 bits per heavy atom. The van der Waals surface area contributed by atoms with Crippen LogP contribution in [0.5, 0.6) is 0 Å². The van der Waals surface area contributed by atoms with Crippen LogP contribution in [0.15, 0.2) is 48.5 Å². The van der Waals surface area contributed by atoms with Crippen LogP contribution in [0, 0.1) is 11.8 Å². The number of carboxylic acids is 1. The van der Waals surface area contributed by atoms with E-state index < -0.39 is 17.6 Å². The third kappa shape index (κ3) is 4.71. The van der Waals surface area contributed by atoms with Gasteiger partial charge in [-0.05, 0) is 41.5 Å². The van der Waals surface area contributed by atoms with E-state index in [4.69, 9.17) is 9.47 Å². The molecule has 2 aromatic rings. The summed E-state index contributed by atoms with van der Waals surface area (Å²) in [7, 11) is 1.38. The highest BCUT2D eigenvalue weighted by Crippen LogP contribution is 2.44. The summed E-state index contributed by atoms with van der Waals surface area (Å²) in [6.07, 6.45) is 0.0516. The molecule has 2 aliphatic rings. The number of carbonyl (C=O) groups excluding carboxylic acids is 2. The molecule has 0 bridgehead atoms. The lowest BCUT2D eigenvalue weighted by molar-refractivity contribution is -0.149. The predicted octanol–water partition coefficient (Wildman–Crippen LogP) is 2.77. The summed E-state index contributed by atoms with van der Waals surface area (Å²) in [5.41, 5.74) is 3.12. The Balaban J connectivity index is 1.26. The number of benzene rings is 2. The number of hydrogen-bond donors (Lipinski definition) is 3. The van der Waals surface area contributed by atoms with Gasteiger partial charge in [0.15, 0.2) is 5.54 Å². The zero-order valence-electron chi connectivity index (χ0n) is 18.7. The SMILES string of the molecule is COCC(C)(NC(=O)[C@H]1C[C@H]1CNC(=O)OCC1c2ccccc2-c2ccccc21)C(=O)O. The minimum absolute atomic E-state index is 0.0166. The smallest absolute Gasteiger partial charge is 0.407 e. The number of rotatable bonds is 9. The molecule has 174 valence electrons. The summed E-state index contributed by atoms with van der Waals surface area (Å²) >= 11 is 0. The van der Waals surface area contributed by atoms with Crippen LogP contribution in [0.25, 0.3) is 11.1 Å². The number of aliphatic carboxylic acids is 1. The molecular weight excluding hydrogens is 424 g/mol. The summed E-state index contributed by atoms with van der Waals surface area (Å²) < 4.78 is 10.4. The monoisotopic (exact) mass is 452 g/mol. The van der Waals surface area contributed by atoms with Crippen LogP contribution in [0.1, 0.15) is 30.4 Å². The van der Waals surface area contributed by atoms with Crippen molar-refractivity contribution in [2.75, 3.05) is 26.9 Å². The van der Waals surface area contributed by atoms with E-state index in [0.29, 0.717) is 13.0 Å². The van der Waals surface area contributed by atoms with Gasteiger partial charge >= 0.3 is 12.1 Å². The van der Waals surface area contributed by atoms with Crippen molar-refractivity contribution >= 4 is 18.0 Å². The second-order valence-electron chi connectivity index (χ2n) is 8.87. The lowest BCUT2D eigenvalue weighted by Crippen LogP contribution is -2.56. The van der Waals surface area contributed by atoms with Crippen molar-refractivity contribution in [3.63, 3.8) is 0 Å². The molecule has 1 fully saturated rings. The van der Waals surface area contributed by atoms with Gasteiger partial charge in [0.2, 0.25) is 5.91 Å². The summed E-state index contributed by atoms with van der Waals surface area (Å²) in [6, 6.07) is 16.2. The highest BCUT2D eigenvalue weighted by Gasteiger charge is 2.46. The summed E-state index contributed by atoms with van der Waals surface area (Å²) in [6.45, 7) is 1.79. The fourth-order valence-corrected chi connectivity index (χ4v) is 4.46. The fraction of sp³-hybridized carbons (Fsp3) is 0.400. The molecule has 4 rings (SSSR count). The van der Waals surface area contributed by atoms with Gasteiger partial charge in [0.05, 0.1) is 6.61 Å². The van der Waals surface area contributed by atoms with Gasteiger partial charge in [-0.25, -0.2) is 9.59 Å². The first-order valence-electron chi connectivity index (χ1n) is 11.0. The molecule has 1 saturated carbocycles. The zero-order chi connectivity index (χ0) is 23.6. The minimum atomic E-state index is -1.49. The molecule has 2 amide bonds. The van der Waals surface area contributed by atoms with Crippen LogP contribution < -0.4 is 10.6 Å². The van der Waals surface area contributed by atoms with Crippen molar-refractivity contribution in [1.82, 2.24) is 10.6 Å². The average molecular weight is 453 g/mol. The zero-order valence-corrected chi connectivity index (χ0v) is 18.7. The first-order valence-corrected chi connectivity index (χ1v) is 11.0. The molecule has 1 unspecified atom stereocenters. The Morgan fingerprint density at radius 1 is 1.06 bits per heavy atom. The van der Waals surface area contributed by atoms with Gasteiger partial charge in [0, 0.05) is 25.5 Å². The van der Waals surface area contributed by atoms with E-state index >= 15 is 0 Å². The highest BCUT2D eigenvalue weighted by atomic mass is 16.5. The third-order valence-corrected chi connectivity index (χ3v) is 6.42. The van der Waals surface area contributed by atoms with E-state index in [-0.39, 0.29) is 36.9 Å². The predicted molar refractivity (Wildman–Crippen MR) is 121 cm³/mol. The molecule has 0 radical (unpaired) electrons. The standard InChI is InChI=1S/C25H28N2O6/c1-25(14-32-2,23(29)30)27-22(28)20-11-15(20)12-26-24(31)33-13-21-18-9-5-3-7-16(18)17-8-4-6-10-19(17)21/h3-10,15,20-21H,11-14H2,1-2H3,(H,26,31)(H,27,28)(H,29,30)/t15-,20-,25?/m0/s1. The molecule has 3 N–H and O–H groups in total. The number of hydrogen-bond acceptors (Lipinski definition) is 5. The maximum Gasteiger partial charge on any atom is 0.407 e. The maximum atomic E-state index is 12.4. The van der Waals surface area contributed by atoms with Crippen LogP contribution in [-0.2, 0) is 19.1 Å². The molecule has 3 atom stereocenters. The van der Waals surface area contributed by atoms with Crippen LogP contribution >= 0.6 is 0 Å². The first-order chi connectivity index (χ1) is 15.8. The lowest BCUT2D eigenvalue weighted by atomic mass is 9.98. The molecule has 0 aliphatic heterocycles. The second kappa shape index (κ2) is 9.23. The van der Waals surface area contributed by atoms with E-state index in [9.17, 15) is 19.5 Å². The number of ether oxygens (including phenoxy) is 2. The number of alkyl carbamates (subject to hydrolysis) is 1. The summed E-state index contributed by atoms with van der Waals surface area (Å²) in [5.74, 6) is -1.92. The third-order valence-electron chi connectivity index (χ3n) is 6.42. The van der Waals surface area contributed by atoms with Crippen LogP contribution in [0.4, 0.5) is 4.79 Å². The Kier molecular flexibility index (Phi) is 6.37. The minimum Gasteiger partial charge on any atom is -0.479 e. The van der Waals surface area contributed by atoms with Crippen LogP contribution in [0.2, 0.25) is 0 Å². The Labute approximate surface area is 192 Å². The van der Waals surface area contributed by atoms with Crippen molar-refractivity contribution in [2.45, 2.75) is 24.8 Å². The van der Waals surface area contributed by atoms with Gasteiger partial charge in [-0.2, -0.15) is 0 Å². The van der Waals surface area contributed by atoms with Crippen LogP contribution in [-0.4, -0.2) is 55.5 Å². The molecular formula is C25H28N2O6. The average Bonchev–Trinajstić information content (AvgIpc) is 3.52. The van der Waals surface area contributed by atoms with E-state index in [1.165, 1.54) is 14.0 Å². The van der Waals surface area contributed by atoms with Gasteiger partial charge in [0.25, 0.3) is 0 Å². The number of carboxylic acid groups (broad SMARTS) is 1. The fourth-order valence-electron chi connectivity index (χ4n) is 4.46. The summed E-state index contributed by atoms with van der Waals surface area (Å²) in [4.78, 5) is 36.2. The van der Waals surface area contributed by atoms with E-state index in [1.807, 2.05) is 24.3 Å². The van der Waals surface area contributed by atoms with Gasteiger partial charge in [-0.3, -0.25) is 4.79 Å². The molecule has 2 aromatic carbocycles. The maximum absolute atomic E-state index is 12.4. The van der Waals surface area contributed by atoms with Crippen molar-refractivity contribution in [2.24, 2.45) is 11.8 Å². The van der Waals surface area contributed by atoms with Gasteiger partial charge in [0.1, 0.15) is 6.61 Å². The number of amides is 2. The van der Waals surface area contributed by atoms with E-state index in [0.717, 1.165) is 22.3 Å².